The Kier molecular flexibility index (Phi) is 6.13. The number of alkyl halides is 1. The molecule has 0 aliphatic rings. The molecule has 1 N–H and O–H groups in total. The lowest BCUT2D eigenvalue weighted by molar-refractivity contribution is 0.354. The van der Waals surface area contributed by atoms with Gasteiger partial charge in [0, 0.05) is 0 Å². The minimum Gasteiger partial charge on any atom is -0.242 e. The predicted octanol–water partition coefficient (Wildman–Crippen LogP) is 3.55. The lowest BCUT2D eigenvalue weighted by Crippen LogP contribution is -2.41. The van der Waals surface area contributed by atoms with Crippen molar-refractivity contribution in [2.45, 2.75) is 42.0 Å². The molecule has 2 rings (SSSR count). The van der Waals surface area contributed by atoms with E-state index in [0.29, 0.717) is 5.56 Å². The third-order valence-corrected chi connectivity index (χ3v) is 6.95. The van der Waals surface area contributed by atoms with Crippen molar-refractivity contribution in [2.24, 2.45) is 0 Å². The number of hydrogen-bond acceptors (Lipinski definition) is 3. The van der Waals surface area contributed by atoms with Gasteiger partial charge < -0.3 is 0 Å². The Morgan fingerprint density at radius 2 is 1.44 bits per heavy atom. The Morgan fingerprint density at radius 3 is 1.92 bits per heavy atom. The summed E-state index contributed by atoms with van der Waals surface area (Å²) in [5, 5.41) is 0. The van der Waals surface area contributed by atoms with Gasteiger partial charge in [-0.1, -0.05) is 48.5 Å². The summed E-state index contributed by atoms with van der Waals surface area (Å²) >= 11 is 0. The molecule has 0 fully saturated rings. The quantitative estimate of drug-likeness (QED) is 0.830. The number of benzene rings is 2. The van der Waals surface area contributed by atoms with Gasteiger partial charge in [0.1, 0.15) is 0 Å². The highest BCUT2D eigenvalue weighted by atomic mass is 32.2. The number of rotatable bonds is 6. The van der Waals surface area contributed by atoms with Gasteiger partial charge in [-0.3, -0.25) is 0 Å². The SMILES string of the molecule is CC(C)(C)[S@@](=O)N[C@H](c1ccccc1)[C@@H](F)S(=O)(=O)c1ccccc1. The van der Waals surface area contributed by atoms with Gasteiger partial charge in [0.2, 0.25) is 15.3 Å². The van der Waals surface area contributed by atoms with Gasteiger partial charge in [-0.25, -0.2) is 21.7 Å². The van der Waals surface area contributed by atoms with Crippen LogP contribution in [0.15, 0.2) is 65.6 Å². The smallest absolute Gasteiger partial charge is 0.225 e. The zero-order chi connectivity index (χ0) is 18.7. The van der Waals surface area contributed by atoms with E-state index in [1.807, 2.05) is 0 Å². The van der Waals surface area contributed by atoms with Crippen LogP contribution < -0.4 is 4.72 Å². The molecule has 0 spiro atoms. The molecule has 7 heteroatoms. The number of hydrogen-bond donors (Lipinski definition) is 1. The molecule has 0 unspecified atom stereocenters. The van der Waals surface area contributed by atoms with Gasteiger partial charge in [-0.05, 0) is 38.5 Å². The van der Waals surface area contributed by atoms with Gasteiger partial charge >= 0.3 is 0 Å². The van der Waals surface area contributed by atoms with Gasteiger partial charge in [0.05, 0.1) is 26.7 Å². The van der Waals surface area contributed by atoms with Crippen molar-refractivity contribution < 1.29 is 17.0 Å². The highest BCUT2D eigenvalue weighted by molar-refractivity contribution is 7.92. The van der Waals surface area contributed by atoms with Gasteiger partial charge in [-0.2, -0.15) is 0 Å². The Morgan fingerprint density at radius 1 is 0.960 bits per heavy atom. The molecule has 4 nitrogen and oxygen atoms in total. The van der Waals surface area contributed by atoms with Crippen molar-refractivity contribution in [1.29, 1.82) is 0 Å². The third-order valence-electron chi connectivity index (χ3n) is 3.58. The Bertz CT molecular complexity index is 818. The van der Waals surface area contributed by atoms with Gasteiger partial charge in [0.25, 0.3) is 0 Å². The molecule has 0 bridgehead atoms. The van der Waals surface area contributed by atoms with Gasteiger partial charge in [0.15, 0.2) is 0 Å². The molecular formula is C18H22FNO3S2. The van der Waals surface area contributed by atoms with Gasteiger partial charge in [-0.15, -0.1) is 0 Å². The monoisotopic (exact) mass is 383 g/mol. The van der Waals surface area contributed by atoms with E-state index >= 15 is 4.39 Å². The van der Waals surface area contributed by atoms with E-state index in [1.165, 1.54) is 24.3 Å². The molecular weight excluding hydrogens is 361 g/mol. The molecule has 0 aliphatic carbocycles. The molecule has 0 amide bonds. The van der Waals surface area contributed by atoms with Crippen LogP contribution in [0.4, 0.5) is 4.39 Å². The van der Waals surface area contributed by atoms with Crippen molar-refractivity contribution in [3.63, 3.8) is 0 Å². The molecule has 2 aromatic rings. The Balaban J connectivity index is 2.43. The summed E-state index contributed by atoms with van der Waals surface area (Å²) in [4.78, 5) is -0.105. The molecule has 0 radical (unpaired) electrons. The van der Waals surface area contributed by atoms with Crippen molar-refractivity contribution >= 4 is 20.8 Å². The highest BCUT2D eigenvalue weighted by Gasteiger charge is 2.38. The van der Waals surface area contributed by atoms with Crippen molar-refractivity contribution in [3.05, 3.63) is 66.2 Å². The summed E-state index contributed by atoms with van der Waals surface area (Å²) in [6.45, 7) is 5.20. The molecule has 0 saturated carbocycles. The zero-order valence-corrected chi connectivity index (χ0v) is 16.0. The number of nitrogens with one attached hydrogen (secondary N) is 1. The standard InChI is InChI=1S/C18H22FNO3S2/c1-18(2,3)24(21)20-16(14-10-6-4-7-11-14)17(19)25(22,23)15-12-8-5-9-13-15/h4-13,16-17,20H,1-3H3/t16-,17+,24-/m1/s1. The van der Waals surface area contributed by atoms with Crippen LogP contribution in [0.25, 0.3) is 0 Å². The topological polar surface area (TPSA) is 63.2 Å². The van der Waals surface area contributed by atoms with E-state index in [9.17, 15) is 12.6 Å². The van der Waals surface area contributed by atoms with Crippen LogP contribution in [0.1, 0.15) is 32.4 Å². The van der Waals surface area contributed by atoms with Crippen LogP contribution in [0.5, 0.6) is 0 Å². The van der Waals surface area contributed by atoms with E-state index in [-0.39, 0.29) is 4.90 Å². The minimum atomic E-state index is -4.24. The first kappa shape index (κ1) is 19.8. The van der Waals surface area contributed by atoms with Crippen LogP contribution >= 0.6 is 0 Å². The molecule has 3 atom stereocenters. The maximum absolute atomic E-state index is 15.2. The number of halogens is 1. The minimum absolute atomic E-state index is 0.105. The van der Waals surface area contributed by atoms with Crippen molar-refractivity contribution in [2.75, 3.05) is 0 Å². The molecule has 136 valence electrons. The van der Waals surface area contributed by atoms with Crippen LogP contribution in [0, 0.1) is 0 Å². The Hall–Kier alpha value is -1.57. The Labute approximate surface area is 151 Å². The van der Waals surface area contributed by atoms with Crippen LogP contribution in [-0.4, -0.2) is 22.9 Å². The van der Waals surface area contributed by atoms with Crippen LogP contribution in [0.2, 0.25) is 0 Å². The first-order valence-electron chi connectivity index (χ1n) is 7.80. The first-order chi connectivity index (χ1) is 11.6. The van der Waals surface area contributed by atoms with E-state index in [0.717, 1.165) is 0 Å². The first-order valence-corrected chi connectivity index (χ1v) is 10.5. The van der Waals surface area contributed by atoms with Crippen molar-refractivity contribution in [1.82, 2.24) is 4.72 Å². The fourth-order valence-corrected chi connectivity index (χ4v) is 4.45. The molecule has 2 aromatic carbocycles. The average molecular weight is 384 g/mol. The second kappa shape index (κ2) is 7.76. The zero-order valence-electron chi connectivity index (χ0n) is 14.3. The summed E-state index contributed by atoms with van der Waals surface area (Å²) in [5.74, 6) is 0. The lowest BCUT2D eigenvalue weighted by Gasteiger charge is -2.26. The highest BCUT2D eigenvalue weighted by Crippen LogP contribution is 2.29. The summed E-state index contributed by atoms with van der Waals surface area (Å²) in [6, 6.07) is 14.6. The third kappa shape index (κ3) is 4.74. The lowest BCUT2D eigenvalue weighted by atomic mass is 10.1. The summed E-state index contributed by atoms with van der Waals surface area (Å²) in [5.41, 5.74) is -1.85. The van der Waals surface area contributed by atoms with E-state index in [2.05, 4.69) is 4.72 Å². The molecule has 25 heavy (non-hydrogen) atoms. The average Bonchev–Trinajstić information content (AvgIpc) is 2.59. The fraction of sp³-hybridized carbons (Fsp3) is 0.333. The fourth-order valence-electron chi connectivity index (χ4n) is 2.14. The molecule has 0 aromatic heterocycles. The van der Waals surface area contributed by atoms with Crippen LogP contribution in [-0.2, 0) is 20.8 Å². The molecule has 0 heterocycles. The largest absolute Gasteiger partial charge is 0.242 e. The predicted molar refractivity (Wildman–Crippen MR) is 98.7 cm³/mol. The second-order valence-electron chi connectivity index (χ2n) is 6.60. The van der Waals surface area contributed by atoms with E-state index in [4.69, 9.17) is 0 Å². The van der Waals surface area contributed by atoms with Crippen molar-refractivity contribution in [3.8, 4) is 0 Å². The van der Waals surface area contributed by atoms with E-state index < -0.39 is 37.1 Å². The second-order valence-corrected chi connectivity index (χ2v) is 10.6. The summed E-state index contributed by atoms with van der Waals surface area (Å²) in [6.07, 6.45) is 0. The van der Waals surface area contributed by atoms with Crippen LogP contribution in [0.3, 0.4) is 0 Å². The molecule has 0 aliphatic heterocycles. The normalized spacial score (nSPS) is 16.2. The summed E-state index contributed by atoms with van der Waals surface area (Å²) < 4.78 is 55.0. The number of sulfone groups is 1. The van der Waals surface area contributed by atoms with E-state index in [1.54, 1.807) is 57.2 Å². The summed E-state index contributed by atoms with van der Waals surface area (Å²) in [7, 11) is -5.88. The molecule has 0 saturated heterocycles. The maximum atomic E-state index is 15.2. The maximum Gasteiger partial charge on any atom is 0.225 e.